The highest BCUT2D eigenvalue weighted by Crippen LogP contribution is 2.29. The van der Waals surface area contributed by atoms with Crippen LogP contribution in [0, 0.1) is 0 Å². The summed E-state index contributed by atoms with van der Waals surface area (Å²) in [5, 5.41) is 0. The third-order valence-electron chi connectivity index (χ3n) is 2.61. The molecule has 2 aliphatic heterocycles. The Kier molecular flexibility index (Phi) is 3.14. The van der Waals surface area contributed by atoms with Crippen molar-refractivity contribution in [3.8, 4) is 0 Å². The number of ether oxygens (including phenoxy) is 3. The number of hydrogen-bond donors (Lipinski definition) is 0. The van der Waals surface area contributed by atoms with E-state index in [0.29, 0.717) is 26.2 Å². The van der Waals surface area contributed by atoms with Gasteiger partial charge in [-0.15, -0.1) is 0 Å². The zero-order valence-electron chi connectivity index (χ0n) is 10.6. The van der Waals surface area contributed by atoms with Crippen LogP contribution in [0.5, 0.6) is 0 Å². The molecule has 2 aliphatic rings. The molecule has 0 aromatic rings. The Morgan fingerprint density at radius 1 is 1.35 bits per heavy atom. The second-order valence-electron chi connectivity index (χ2n) is 5.25. The minimum atomic E-state index is -0.613. The molecule has 0 unspecified atom stereocenters. The van der Waals surface area contributed by atoms with Crippen LogP contribution in [0.3, 0.4) is 0 Å². The molecule has 0 aromatic heterocycles. The van der Waals surface area contributed by atoms with Gasteiger partial charge in [0, 0.05) is 19.2 Å². The van der Waals surface area contributed by atoms with Gasteiger partial charge in [0.05, 0.1) is 13.2 Å². The molecular formula is C12H19NO4. The van der Waals surface area contributed by atoms with Gasteiger partial charge in [-0.1, -0.05) is 0 Å². The van der Waals surface area contributed by atoms with Crippen LogP contribution >= 0.6 is 0 Å². The topological polar surface area (TPSA) is 48.0 Å². The Bertz CT molecular complexity index is 326. The van der Waals surface area contributed by atoms with E-state index in [1.807, 2.05) is 20.8 Å². The van der Waals surface area contributed by atoms with E-state index in [4.69, 9.17) is 14.2 Å². The molecule has 5 heteroatoms. The largest absolute Gasteiger partial charge is 0.443 e. The summed E-state index contributed by atoms with van der Waals surface area (Å²) in [6.07, 6.45) is 3.78. The van der Waals surface area contributed by atoms with E-state index in [-0.39, 0.29) is 6.09 Å². The zero-order valence-corrected chi connectivity index (χ0v) is 10.6. The Morgan fingerprint density at radius 2 is 2.00 bits per heavy atom. The molecule has 0 N–H and O–H groups in total. The fraction of sp³-hybridized carbons (Fsp3) is 0.750. The van der Waals surface area contributed by atoms with Crippen LogP contribution in [-0.2, 0) is 14.2 Å². The van der Waals surface area contributed by atoms with Crippen molar-refractivity contribution in [1.29, 1.82) is 0 Å². The molecule has 0 bridgehead atoms. The van der Waals surface area contributed by atoms with Crippen molar-refractivity contribution in [3.63, 3.8) is 0 Å². The molecule has 1 spiro atoms. The zero-order chi connectivity index (χ0) is 12.5. The van der Waals surface area contributed by atoms with E-state index in [1.165, 1.54) is 0 Å². The van der Waals surface area contributed by atoms with Crippen molar-refractivity contribution >= 4 is 6.09 Å². The number of amides is 1. The fourth-order valence-electron chi connectivity index (χ4n) is 1.82. The molecule has 2 rings (SSSR count). The number of carbonyl (C=O) groups excluding carboxylic acids is 1. The lowest BCUT2D eigenvalue weighted by Gasteiger charge is -2.33. The summed E-state index contributed by atoms with van der Waals surface area (Å²) in [7, 11) is 0. The SMILES string of the molecule is CC(C)(C)OC(=O)N1C=CC2(CC1)OCCO2. The summed E-state index contributed by atoms with van der Waals surface area (Å²) >= 11 is 0. The molecule has 17 heavy (non-hydrogen) atoms. The smallest absolute Gasteiger partial charge is 0.414 e. The molecule has 5 nitrogen and oxygen atoms in total. The Balaban J connectivity index is 1.95. The van der Waals surface area contributed by atoms with Crippen LogP contribution in [0.4, 0.5) is 4.79 Å². The lowest BCUT2D eigenvalue weighted by Crippen LogP contribution is -2.42. The minimum absolute atomic E-state index is 0.332. The first-order valence-electron chi connectivity index (χ1n) is 5.87. The maximum atomic E-state index is 11.8. The van der Waals surface area contributed by atoms with Gasteiger partial charge in [0.2, 0.25) is 0 Å². The lowest BCUT2D eigenvalue weighted by atomic mass is 10.1. The summed E-state index contributed by atoms with van der Waals surface area (Å²) in [4.78, 5) is 13.3. The third kappa shape index (κ3) is 2.98. The van der Waals surface area contributed by atoms with Crippen LogP contribution in [0.25, 0.3) is 0 Å². The predicted molar refractivity (Wildman–Crippen MR) is 61.3 cm³/mol. The summed E-state index contributed by atoms with van der Waals surface area (Å²) in [6, 6.07) is 0. The van der Waals surface area contributed by atoms with Gasteiger partial charge in [0.1, 0.15) is 5.60 Å². The molecule has 0 saturated carbocycles. The predicted octanol–water partition coefficient (Wildman–Crippen LogP) is 1.88. The molecule has 2 heterocycles. The van der Waals surface area contributed by atoms with E-state index in [9.17, 15) is 4.79 Å². The van der Waals surface area contributed by atoms with Gasteiger partial charge >= 0.3 is 6.09 Å². The molecule has 0 aromatic carbocycles. The van der Waals surface area contributed by atoms with E-state index < -0.39 is 11.4 Å². The number of nitrogens with zero attached hydrogens (tertiary/aromatic N) is 1. The monoisotopic (exact) mass is 241 g/mol. The summed E-state index contributed by atoms with van der Waals surface area (Å²) in [5.74, 6) is -0.613. The van der Waals surface area contributed by atoms with Gasteiger partial charge < -0.3 is 14.2 Å². The third-order valence-corrected chi connectivity index (χ3v) is 2.61. The Labute approximate surface area is 101 Å². The van der Waals surface area contributed by atoms with Crippen LogP contribution in [0.2, 0.25) is 0 Å². The maximum absolute atomic E-state index is 11.8. The molecule has 0 atom stereocenters. The van der Waals surface area contributed by atoms with Crippen molar-refractivity contribution in [2.24, 2.45) is 0 Å². The molecule has 96 valence electrons. The van der Waals surface area contributed by atoms with Gasteiger partial charge in [-0.3, -0.25) is 4.90 Å². The highest BCUT2D eigenvalue weighted by molar-refractivity contribution is 5.69. The van der Waals surface area contributed by atoms with Gasteiger partial charge in [0.25, 0.3) is 0 Å². The highest BCUT2D eigenvalue weighted by atomic mass is 16.7. The molecule has 0 aliphatic carbocycles. The van der Waals surface area contributed by atoms with Gasteiger partial charge in [-0.05, 0) is 26.8 Å². The van der Waals surface area contributed by atoms with Crippen molar-refractivity contribution in [2.75, 3.05) is 19.8 Å². The van der Waals surface area contributed by atoms with Gasteiger partial charge in [0.15, 0.2) is 5.79 Å². The molecular weight excluding hydrogens is 222 g/mol. The summed E-state index contributed by atoms with van der Waals surface area (Å²) in [5.41, 5.74) is -0.472. The van der Waals surface area contributed by atoms with E-state index in [0.717, 1.165) is 0 Å². The van der Waals surface area contributed by atoms with Crippen molar-refractivity contribution in [2.45, 2.75) is 38.6 Å². The van der Waals surface area contributed by atoms with Crippen LogP contribution in [0.1, 0.15) is 27.2 Å². The molecule has 1 amide bonds. The fourth-order valence-corrected chi connectivity index (χ4v) is 1.82. The van der Waals surface area contributed by atoms with Crippen LogP contribution in [0.15, 0.2) is 12.3 Å². The highest BCUT2D eigenvalue weighted by Gasteiger charge is 2.38. The second kappa shape index (κ2) is 4.31. The quantitative estimate of drug-likeness (QED) is 0.649. The average Bonchev–Trinajstić information content (AvgIpc) is 2.65. The van der Waals surface area contributed by atoms with Crippen molar-refractivity contribution < 1.29 is 19.0 Å². The standard InChI is InChI=1S/C12H19NO4/c1-11(2,3)17-10(14)13-6-4-12(5-7-13)15-8-9-16-12/h4,6H,5,7-9H2,1-3H3. The number of carbonyl (C=O) groups is 1. The first-order valence-corrected chi connectivity index (χ1v) is 5.87. The van der Waals surface area contributed by atoms with E-state index in [2.05, 4.69) is 0 Å². The maximum Gasteiger partial charge on any atom is 0.414 e. The molecule has 1 saturated heterocycles. The Morgan fingerprint density at radius 3 is 2.47 bits per heavy atom. The summed E-state index contributed by atoms with van der Waals surface area (Å²) < 4.78 is 16.3. The first-order chi connectivity index (χ1) is 7.90. The van der Waals surface area contributed by atoms with Gasteiger partial charge in [-0.2, -0.15) is 0 Å². The normalized spacial score (nSPS) is 23.1. The number of rotatable bonds is 0. The van der Waals surface area contributed by atoms with Crippen molar-refractivity contribution in [1.82, 2.24) is 4.90 Å². The lowest BCUT2D eigenvalue weighted by molar-refractivity contribution is -0.128. The average molecular weight is 241 g/mol. The van der Waals surface area contributed by atoms with E-state index >= 15 is 0 Å². The number of hydrogen-bond acceptors (Lipinski definition) is 4. The van der Waals surface area contributed by atoms with Crippen molar-refractivity contribution in [3.05, 3.63) is 12.3 Å². The van der Waals surface area contributed by atoms with E-state index in [1.54, 1.807) is 17.2 Å². The second-order valence-corrected chi connectivity index (χ2v) is 5.25. The van der Waals surface area contributed by atoms with Crippen LogP contribution in [-0.4, -0.2) is 42.1 Å². The van der Waals surface area contributed by atoms with Gasteiger partial charge in [-0.25, -0.2) is 4.79 Å². The Hall–Kier alpha value is -1.07. The minimum Gasteiger partial charge on any atom is -0.443 e. The van der Waals surface area contributed by atoms with Crippen LogP contribution < -0.4 is 0 Å². The summed E-state index contributed by atoms with van der Waals surface area (Å²) in [6.45, 7) is 7.31. The molecule has 1 fully saturated rings. The first kappa shape index (κ1) is 12.4. The molecule has 0 radical (unpaired) electrons.